The maximum atomic E-state index is 13.5. The molecule has 0 bridgehead atoms. The van der Waals surface area contributed by atoms with Gasteiger partial charge in [-0.2, -0.15) is 5.10 Å². The molecular weight excluding hydrogens is 341 g/mol. The van der Waals surface area contributed by atoms with Crippen molar-refractivity contribution < 1.29 is 9.18 Å². The summed E-state index contributed by atoms with van der Waals surface area (Å²) in [6.07, 6.45) is 3.30. The van der Waals surface area contributed by atoms with Crippen LogP contribution in [0.4, 0.5) is 9.52 Å². The van der Waals surface area contributed by atoms with Crippen LogP contribution in [0.5, 0.6) is 0 Å². The van der Waals surface area contributed by atoms with E-state index in [1.807, 2.05) is 5.38 Å². The van der Waals surface area contributed by atoms with E-state index in [2.05, 4.69) is 20.1 Å². The van der Waals surface area contributed by atoms with E-state index in [1.54, 1.807) is 34.6 Å². The topological polar surface area (TPSA) is 65.1 Å². The zero-order chi connectivity index (χ0) is 17.2. The first-order chi connectivity index (χ1) is 12.2. The molecule has 1 aliphatic heterocycles. The van der Waals surface area contributed by atoms with Gasteiger partial charge in [0.2, 0.25) is 0 Å². The highest BCUT2D eigenvalue weighted by atomic mass is 32.1. The minimum Gasteiger partial charge on any atom is -0.345 e. The Balaban J connectivity index is 1.50. The van der Waals surface area contributed by atoms with Gasteiger partial charge in [-0.3, -0.25) is 9.89 Å². The Morgan fingerprint density at radius 1 is 1.24 bits per heavy atom. The Labute approximate surface area is 147 Å². The summed E-state index contributed by atoms with van der Waals surface area (Å²) in [6.45, 7) is 2.72. The van der Waals surface area contributed by atoms with Crippen LogP contribution >= 0.6 is 11.3 Å². The van der Waals surface area contributed by atoms with Gasteiger partial charge in [0.15, 0.2) is 5.13 Å². The van der Waals surface area contributed by atoms with Crippen molar-refractivity contribution in [2.45, 2.75) is 0 Å². The Morgan fingerprint density at radius 2 is 2.08 bits per heavy atom. The van der Waals surface area contributed by atoms with Crippen LogP contribution in [-0.4, -0.2) is 52.2 Å². The molecule has 2 aromatic heterocycles. The zero-order valence-corrected chi connectivity index (χ0v) is 14.2. The quantitative estimate of drug-likeness (QED) is 0.783. The molecule has 4 rings (SSSR count). The number of H-pyrrole nitrogens is 1. The summed E-state index contributed by atoms with van der Waals surface area (Å²) in [5.74, 6) is -0.436. The summed E-state index contributed by atoms with van der Waals surface area (Å²) >= 11 is 1.60. The van der Waals surface area contributed by atoms with E-state index in [0.717, 1.165) is 18.2 Å². The molecule has 3 heterocycles. The fourth-order valence-corrected chi connectivity index (χ4v) is 3.65. The highest BCUT2D eigenvalue weighted by Gasteiger charge is 2.26. The standard InChI is InChI=1S/C17H16FN5OS/c18-13-3-1-2-12(10-13)15-14(11-20-21-15)16(24)22-5-7-23(8-6-22)17-19-4-9-25-17/h1-4,9-11H,5-8H2,(H,20,21). The first-order valence-corrected chi connectivity index (χ1v) is 8.83. The van der Waals surface area contributed by atoms with Crippen molar-refractivity contribution in [3.05, 3.63) is 53.4 Å². The fourth-order valence-electron chi connectivity index (χ4n) is 2.96. The number of anilines is 1. The van der Waals surface area contributed by atoms with Crippen molar-refractivity contribution in [2.75, 3.05) is 31.1 Å². The van der Waals surface area contributed by atoms with Crippen LogP contribution in [0.3, 0.4) is 0 Å². The summed E-state index contributed by atoms with van der Waals surface area (Å²) in [7, 11) is 0. The lowest BCUT2D eigenvalue weighted by Gasteiger charge is -2.34. The summed E-state index contributed by atoms with van der Waals surface area (Å²) in [6, 6.07) is 6.14. The molecular formula is C17H16FN5OS. The molecule has 1 N–H and O–H groups in total. The van der Waals surface area contributed by atoms with E-state index in [-0.39, 0.29) is 11.7 Å². The highest BCUT2D eigenvalue weighted by Crippen LogP contribution is 2.24. The molecule has 1 saturated heterocycles. The van der Waals surface area contributed by atoms with Gasteiger partial charge in [0.05, 0.1) is 17.5 Å². The lowest BCUT2D eigenvalue weighted by atomic mass is 10.1. The molecule has 1 aromatic carbocycles. The molecule has 0 radical (unpaired) electrons. The molecule has 8 heteroatoms. The number of aromatic nitrogens is 3. The van der Waals surface area contributed by atoms with Crippen molar-refractivity contribution in [1.82, 2.24) is 20.1 Å². The molecule has 0 saturated carbocycles. The smallest absolute Gasteiger partial charge is 0.257 e. The second-order valence-corrected chi connectivity index (χ2v) is 6.64. The van der Waals surface area contributed by atoms with Gasteiger partial charge < -0.3 is 9.80 Å². The molecule has 1 aliphatic rings. The van der Waals surface area contributed by atoms with E-state index >= 15 is 0 Å². The number of carbonyl (C=O) groups excluding carboxylic acids is 1. The number of piperazine rings is 1. The van der Waals surface area contributed by atoms with Gasteiger partial charge in [-0.1, -0.05) is 12.1 Å². The minimum atomic E-state index is -0.345. The summed E-state index contributed by atoms with van der Waals surface area (Å²) in [5, 5.41) is 9.73. The molecule has 0 unspecified atom stereocenters. The van der Waals surface area contributed by atoms with Gasteiger partial charge in [-0.25, -0.2) is 9.37 Å². The number of amides is 1. The SMILES string of the molecule is O=C(c1cn[nH]c1-c1cccc(F)c1)N1CCN(c2nccs2)CC1. The van der Waals surface area contributed by atoms with Crippen LogP contribution in [0.25, 0.3) is 11.3 Å². The Morgan fingerprint density at radius 3 is 2.80 bits per heavy atom. The lowest BCUT2D eigenvalue weighted by molar-refractivity contribution is 0.0747. The number of benzene rings is 1. The lowest BCUT2D eigenvalue weighted by Crippen LogP contribution is -2.48. The molecule has 0 spiro atoms. The number of aromatic amines is 1. The maximum Gasteiger partial charge on any atom is 0.257 e. The predicted octanol–water partition coefficient (Wildman–Crippen LogP) is 2.63. The van der Waals surface area contributed by atoms with Gasteiger partial charge >= 0.3 is 0 Å². The van der Waals surface area contributed by atoms with E-state index in [4.69, 9.17) is 0 Å². The van der Waals surface area contributed by atoms with Gasteiger partial charge in [0.25, 0.3) is 5.91 Å². The first kappa shape index (κ1) is 15.8. The number of rotatable bonds is 3. The number of halogens is 1. The summed E-state index contributed by atoms with van der Waals surface area (Å²) < 4.78 is 13.5. The van der Waals surface area contributed by atoms with E-state index in [0.29, 0.717) is 29.9 Å². The maximum absolute atomic E-state index is 13.5. The zero-order valence-electron chi connectivity index (χ0n) is 13.4. The molecule has 0 atom stereocenters. The average Bonchev–Trinajstić information content (AvgIpc) is 3.33. The fraction of sp³-hybridized carbons (Fsp3) is 0.235. The monoisotopic (exact) mass is 357 g/mol. The normalized spacial score (nSPS) is 14.8. The number of hydrogen-bond donors (Lipinski definition) is 1. The van der Waals surface area contributed by atoms with Gasteiger partial charge in [-0.05, 0) is 12.1 Å². The predicted molar refractivity (Wildman–Crippen MR) is 94.2 cm³/mol. The van der Waals surface area contributed by atoms with Crippen LogP contribution in [0.15, 0.2) is 42.0 Å². The molecule has 25 heavy (non-hydrogen) atoms. The second kappa shape index (κ2) is 6.64. The minimum absolute atomic E-state index is 0.0909. The number of thiazole rings is 1. The third-order valence-corrected chi connectivity index (χ3v) is 5.07. The van der Waals surface area contributed by atoms with Gasteiger partial charge in [0, 0.05) is 43.3 Å². The van der Waals surface area contributed by atoms with Crippen molar-refractivity contribution >= 4 is 22.4 Å². The Kier molecular flexibility index (Phi) is 4.19. The van der Waals surface area contributed by atoms with Crippen LogP contribution in [0, 0.1) is 5.82 Å². The number of nitrogens with zero attached hydrogens (tertiary/aromatic N) is 4. The third-order valence-electron chi connectivity index (χ3n) is 4.24. The highest BCUT2D eigenvalue weighted by molar-refractivity contribution is 7.13. The molecule has 6 nitrogen and oxygen atoms in total. The molecule has 1 fully saturated rings. The molecule has 128 valence electrons. The van der Waals surface area contributed by atoms with Crippen molar-refractivity contribution in [3.8, 4) is 11.3 Å². The Bertz CT molecular complexity index is 871. The van der Waals surface area contributed by atoms with Crippen LogP contribution in [-0.2, 0) is 0 Å². The summed E-state index contributed by atoms with van der Waals surface area (Å²) in [4.78, 5) is 21.2. The number of nitrogens with one attached hydrogen (secondary N) is 1. The Hall–Kier alpha value is -2.74. The van der Waals surface area contributed by atoms with Crippen molar-refractivity contribution in [3.63, 3.8) is 0 Å². The van der Waals surface area contributed by atoms with E-state index < -0.39 is 0 Å². The van der Waals surface area contributed by atoms with Gasteiger partial charge in [-0.15, -0.1) is 11.3 Å². The van der Waals surface area contributed by atoms with Crippen LogP contribution < -0.4 is 4.90 Å². The van der Waals surface area contributed by atoms with Crippen LogP contribution in [0.2, 0.25) is 0 Å². The second-order valence-electron chi connectivity index (χ2n) is 5.76. The first-order valence-electron chi connectivity index (χ1n) is 7.95. The van der Waals surface area contributed by atoms with Crippen LogP contribution in [0.1, 0.15) is 10.4 Å². The third kappa shape index (κ3) is 3.12. The van der Waals surface area contributed by atoms with Crippen molar-refractivity contribution in [1.29, 1.82) is 0 Å². The number of carbonyl (C=O) groups is 1. The van der Waals surface area contributed by atoms with Gasteiger partial charge in [0.1, 0.15) is 5.82 Å². The van der Waals surface area contributed by atoms with Crippen molar-refractivity contribution in [2.24, 2.45) is 0 Å². The molecule has 0 aliphatic carbocycles. The molecule has 3 aromatic rings. The van der Waals surface area contributed by atoms with E-state index in [9.17, 15) is 9.18 Å². The largest absolute Gasteiger partial charge is 0.345 e. The van der Waals surface area contributed by atoms with E-state index in [1.165, 1.54) is 18.3 Å². The summed E-state index contributed by atoms with van der Waals surface area (Å²) in [5.41, 5.74) is 1.63. The number of hydrogen-bond acceptors (Lipinski definition) is 5. The average molecular weight is 357 g/mol. The molecule has 1 amide bonds.